The molecule has 1 aliphatic heterocycles. The summed E-state index contributed by atoms with van der Waals surface area (Å²) < 4.78 is 0. The lowest BCUT2D eigenvalue weighted by molar-refractivity contribution is 0.324. The van der Waals surface area contributed by atoms with E-state index in [-0.39, 0.29) is 0 Å². The van der Waals surface area contributed by atoms with Gasteiger partial charge in [-0.05, 0) is 48.8 Å². The van der Waals surface area contributed by atoms with Crippen LogP contribution in [0.25, 0.3) is 10.4 Å². The highest BCUT2D eigenvalue weighted by molar-refractivity contribution is 7.13. The number of nitrogens with zero attached hydrogens (tertiary/aromatic N) is 2. The van der Waals surface area contributed by atoms with Crippen LogP contribution in [0.5, 0.6) is 0 Å². The Bertz CT molecular complexity index is 756. The van der Waals surface area contributed by atoms with Crippen LogP contribution in [0.4, 0.5) is 0 Å². The first kappa shape index (κ1) is 27.4. The van der Waals surface area contributed by atoms with Crippen LogP contribution < -0.4 is 5.32 Å². The van der Waals surface area contributed by atoms with Gasteiger partial charge in [0.25, 0.3) is 0 Å². The molecule has 1 aliphatic rings. The molecule has 1 unspecified atom stereocenters. The molecule has 0 spiro atoms. The van der Waals surface area contributed by atoms with Gasteiger partial charge in [-0.25, -0.2) is 4.98 Å². The summed E-state index contributed by atoms with van der Waals surface area (Å²) in [5.74, 6) is 0.858. The molecular weight excluding hydrogens is 398 g/mol. The number of likely N-dealkylation sites (tertiary alicyclic amines) is 1. The minimum Gasteiger partial charge on any atom is -0.375 e. The highest BCUT2D eigenvalue weighted by Gasteiger charge is 2.22. The molecule has 1 fully saturated rings. The van der Waals surface area contributed by atoms with Crippen LogP contribution in [0.2, 0.25) is 0 Å². The van der Waals surface area contributed by atoms with Crippen LogP contribution in [-0.2, 0) is 6.54 Å². The van der Waals surface area contributed by atoms with Crippen molar-refractivity contribution in [1.29, 1.82) is 0 Å². The van der Waals surface area contributed by atoms with Gasteiger partial charge >= 0.3 is 0 Å². The molecule has 4 heteroatoms. The highest BCUT2D eigenvalue weighted by atomic mass is 32.1. The van der Waals surface area contributed by atoms with Crippen molar-refractivity contribution in [3.8, 4) is 10.4 Å². The van der Waals surface area contributed by atoms with Crippen LogP contribution >= 0.6 is 11.3 Å². The fourth-order valence-electron chi connectivity index (χ4n) is 3.57. The lowest BCUT2D eigenvalue weighted by atomic mass is 9.90. The summed E-state index contributed by atoms with van der Waals surface area (Å²) in [6.07, 6.45) is 2.46. The fourth-order valence-corrected chi connectivity index (χ4v) is 4.38. The zero-order valence-electron chi connectivity index (χ0n) is 21.2. The Labute approximate surface area is 196 Å². The molecule has 1 aromatic carbocycles. The van der Waals surface area contributed by atoms with E-state index in [1.165, 1.54) is 41.2 Å². The Morgan fingerprint density at radius 2 is 1.87 bits per heavy atom. The van der Waals surface area contributed by atoms with E-state index in [2.05, 4.69) is 87.6 Å². The van der Waals surface area contributed by atoms with Gasteiger partial charge < -0.3 is 10.2 Å². The summed E-state index contributed by atoms with van der Waals surface area (Å²) in [5.41, 5.74) is 7.31. The number of hydrogen-bond donors (Lipinski definition) is 1. The maximum Gasteiger partial charge on any atom is 0.0801 e. The van der Waals surface area contributed by atoms with Crippen LogP contribution in [0, 0.1) is 18.3 Å². The first-order chi connectivity index (χ1) is 14.7. The first-order valence-corrected chi connectivity index (χ1v) is 12.7. The maximum absolute atomic E-state index is 4.27. The predicted octanol–water partition coefficient (Wildman–Crippen LogP) is 7.53. The standard InChI is InChI=1S/C13H16N2S.C12H23N.C2H6/c1-3-14-8-11-4-6-12(7-5-11)13-10(2)15-9-16-13;1-10-6-7-13(9-10)11(2)8-12(3,4)5;1-2/h4-7,9,14H,3,8H2,1-2H3;10H,2,6-9H2,1,3-5H3;1-2H3. The molecule has 3 rings (SSSR count). The molecule has 1 N–H and O–H groups in total. The average Bonchev–Trinajstić information content (AvgIpc) is 3.36. The molecule has 0 bridgehead atoms. The zero-order chi connectivity index (χ0) is 23.4. The molecule has 31 heavy (non-hydrogen) atoms. The number of rotatable bonds is 6. The summed E-state index contributed by atoms with van der Waals surface area (Å²) in [7, 11) is 0. The lowest BCUT2D eigenvalue weighted by Gasteiger charge is -2.27. The third-order valence-corrected chi connectivity index (χ3v) is 6.12. The van der Waals surface area contributed by atoms with Crippen molar-refractivity contribution < 1.29 is 0 Å². The minimum absolute atomic E-state index is 0.378. The van der Waals surface area contributed by atoms with Crippen LogP contribution in [0.15, 0.2) is 42.1 Å². The van der Waals surface area contributed by atoms with Gasteiger partial charge in [0, 0.05) is 25.3 Å². The van der Waals surface area contributed by atoms with E-state index in [0.29, 0.717) is 5.41 Å². The van der Waals surface area contributed by atoms with Crippen molar-refractivity contribution in [2.75, 3.05) is 19.6 Å². The summed E-state index contributed by atoms with van der Waals surface area (Å²) >= 11 is 1.70. The van der Waals surface area contributed by atoms with Crippen LogP contribution in [-0.4, -0.2) is 29.5 Å². The minimum atomic E-state index is 0.378. The number of benzene rings is 1. The number of aryl methyl sites for hydroxylation is 1. The number of hydrogen-bond acceptors (Lipinski definition) is 4. The SMILES string of the molecule is C=C(CC(C)(C)C)N1CCC(C)C1.CC.CCNCc1ccc(-c2scnc2C)cc1. The topological polar surface area (TPSA) is 28.2 Å². The van der Waals surface area contributed by atoms with Gasteiger partial charge in [0.05, 0.1) is 16.1 Å². The number of aromatic nitrogens is 1. The van der Waals surface area contributed by atoms with Crippen molar-refractivity contribution in [2.45, 2.75) is 74.8 Å². The van der Waals surface area contributed by atoms with E-state index < -0.39 is 0 Å². The molecule has 1 saturated heterocycles. The first-order valence-electron chi connectivity index (χ1n) is 11.8. The van der Waals surface area contributed by atoms with Gasteiger partial charge in [-0.3, -0.25) is 0 Å². The molecule has 3 nitrogen and oxygen atoms in total. The molecule has 2 heterocycles. The predicted molar refractivity (Wildman–Crippen MR) is 140 cm³/mol. The van der Waals surface area contributed by atoms with Crippen LogP contribution in [0.1, 0.15) is 72.6 Å². The van der Waals surface area contributed by atoms with E-state index in [1.54, 1.807) is 11.3 Å². The number of nitrogens with one attached hydrogen (secondary N) is 1. The van der Waals surface area contributed by atoms with E-state index in [4.69, 9.17) is 0 Å². The Hall–Kier alpha value is -1.65. The number of thiazole rings is 1. The maximum atomic E-state index is 4.27. The fraction of sp³-hybridized carbons (Fsp3) is 0.593. The highest BCUT2D eigenvalue weighted by Crippen LogP contribution is 2.29. The second-order valence-corrected chi connectivity index (χ2v) is 10.2. The van der Waals surface area contributed by atoms with Gasteiger partial charge in [-0.1, -0.05) is 79.3 Å². The lowest BCUT2D eigenvalue weighted by Crippen LogP contribution is -2.22. The van der Waals surface area contributed by atoms with Gasteiger partial charge in [-0.15, -0.1) is 11.3 Å². The van der Waals surface area contributed by atoms with Crippen molar-refractivity contribution in [3.63, 3.8) is 0 Å². The van der Waals surface area contributed by atoms with E-state index in [9.17, 15) is 0 Å². The van der Waals surface area contributed by atoms with Gasteiger partial charge in [0.1, 0.15) is 0 Å². The van der Waals surface area contributed by atoms with Crippen molar-refractivity contribution >= 4 is 11.3 Å². The molecule has 1 atom stereocenters. The van der Waals surface area contributed by atoms with E-state index in [0.717, 1.165) is 31.1 Å². The summed E-state index contributed by atoms with van der Waals surface area (Å²) in [6, 6.07) is 8.70. The second kappa shape index (κ2) is 13.7. The van der Waals surface area contributed by atoms with Gasteiger partial charge in [0.2, 0.25) is 0 Å². The normalized spacial score (nSPS) is 15.6. The van der Waals surface area contributed by atoms with Crippen molar-refractivity contribution in [2.24, 2.45) is 11.3 Å². The molecule has 0 radical (unpaired) electrons. The third-order valence-electron chi connectivity index (χ3n) is 5.15. The Morgan fingerprint density at radius 1 is 1.23 bits per heavy atom. The van der Waals surface area contributed by atoms with E-state index >= 15 is 0 Å². The monoisotopic (exact) mass is 443 g/mol. The molecule has 0 amide bonds. The zero-order valence-corrected chi connectivity index (χ0v) is 22.0. The number of allylic oxidation sites excluding steroid dienone is 1. The van der Waals surface area contributed by atoms with Gasteiger partial charge in [0.15, 0.2) is 0 Å². The molecule has 1 aromatic heterocycles. The van der Waals surface area contributed by atoms with E-state index in [1.807, 2.05) is 19.4 Å². The molecular formula is C27H45N3S. The molecule has 0 saturated carbocycles. The largest absolute Gasteiger partial charge is 0.375 e. The molecule has 2 aromatic rings. The van der Waals surface area contributed by atoms with Crippen molar-refractivity contribution in [3.05, 3.63) is 53.3 Å². The smallest absolute Gasteiger partial charge is 0.0801 e. The average molecular weight is 444 g/mol. The summed E-state index contributed by atoms with van der Waals surface area (Å²) in [4.78, 5) is 8.00. The quantitative estimate of drug-likeness (QED) is 0.500. The molecule has 0 aliphatic carbocycles. The van der Waals surface area contributed by atoms with Crippen molar-refractivity contribution in [1.82, 2.24) is 15.2 Å². The Balaban J connectivity index is 0.000000293. The Morgan fingerprint density at radius 3 is 2.32 bits per heavy atom. The second-order valence-electron chi connectivity index (χ2n) is 9.39. The summed E-state index contributed by atoms with van der Waals surface area (Å²) in [5, 5.41) is 3.32. The Kier molecular flexibility index (Phi) is 12.1. The van der Waals surface area contributed by atoms with Gasteiger partial charge in [-0.2, -0.15) is 0 Å². The van der Waals surface area contributed by atoms with Crippen LogP contribution in [0.3, 0.4) is 0 Å². The molecule has 174 valence electrons. The summed E-state index contributed by atoms with van der Waals surface area (Å²) in [6.45, 7) is 25.9. The third kappa shape index (κ3) is 10.0.